The van der Waals surface area contributed by atoms with Gasteiger partial charge in [0.15, 0.2) is 5.82 Å². The zero-order valence-electron chi connectivity index (χ0n) is 13.7. The quantitative estimate of drug-likeness (QED) is 0.721. The predicted molar refractivity (Wildman–Crippen MR) is 88.3 cm³/mol. The van der Waals surface area contributed by atoms with Gasteiger partial charge in [0, 0.05) is 25.7 Å². The molecule has 0 unspecified atom stereocenters. The first-order valence-electron chi connectivity index (χ1n) is 8.12. The van der Waals surface area contributed by atoms with E-state index in [1.54, 1.807) is 12.1 Å². The van der Waals surface area contributed by atoms with Crippen LogP contribution in [-0.2, 0) is 19.6 Å². The summed E-state index contributed by atoms with van der Waals surface area (Å²) >= 11 is 0. The minimum atomic E-state index is -0.842. The van der Waals surface area contributed by atoms with Crippen molar-refractivity contribution in [3.8, 4) is 5.69 Å². The van der Waals surface area contributed by atoms with Crippen molar-refractivity contribution < 1.29 is 13.2 Å². The molecule has 0 amide bonds. The van der Waals surface area contributed by atoms with Crippen LogP contribution in [-0.4, -0.2) is 25.8 Å². The van der Waals surface area contributed by atoms with Crippen molar-refractivity contribution in [1.82, 2.24) is 19.2 Å². The number of hydrogen-bond donors (Lipinski definition) is 0. The van der Waals surface area contributed by atoms with Crippen molar-refractivity contribution in [3.63, 3.8) is 0 Å². The molecule has 0 spiro atoms. The summed E-state index contributed by atoms with van der Waals surface area (Å²) in [5, 5.41) is 4.22. The molecule has 1 aliphatic rings. The first kappa shape index (κ1) is 16.6. The monoisotopic (exact) mass is 360 g/mol. The van der Waals surface area contributed by atoms with Crippen molar-refractivity contribution in [2.24, 2.45) is 0 Å². The van der Waals surface area contributed by atoms with E-state index in [-0.39, 0.29) is 11.5 Å². The Morgan fingerprint density at radius 2 is 1.69 bits per heavy atom. The third kappa shape index (κ3) is 3.03. The van der Waals surface area contributed by atoms with Crippen LogP contribution in [0.4, 0.5) is 13.2 Å². The summed E-state index contributed by atoms with van der Waals surface area (Å²) in [6.45, 7) is 2.02. The Kier molecular flexibility index (Phi) is 4.12. The lowest BCUT2D eigenvalue weighted by Crippen LogP contribution is -2.37. The van der Waals surface area contributed by atoms with Crippen LogP contribution in [0.25, 0.3) is 5.69 Å². The molecule has 0 aliphatic carbocycles. The fourth-order valence-corrected chi connectivity index (χ4v) is 3.09. The van der Waals surface area contributed by atoms with E-state index in [1.807, 2.05) is 0 Å². The van der Waals surface area contributed by atoms with Crippen LogP contribution in [0.2, 0.25) is 0 Å². The molecule has 1 aromatic heterocycles. The van der Waals surface area contributed by atoms with Gasteiger partial charge in [-0.2, -0.15) is 4.68 Å². The van der Waals surface area contributed by atoms with Crippen molar-refractivity contribution in [1.29, 1.82) is 0 Å². The summed E-state index contributed by atoms with van der Waals surface area (Å²) in [6, 6.07) is 9.24. The van der Waals surface area contributed by atoms with E-state index in [4.69, 9.17) is 0 Å². The van der Waals surface area contributed by atoms with Crippen LogP contribution in [0.5, 0.6) is 0 Å². The van der Waals surface area contributed by atoms with Crippen LogP contribution in [0.3, 0.4) is 0 Å². The number of aromatic nitrogens is 3. The average molecular weight is 360 g/mol. The van der Waals surface area contributed by atoms with E-state index in [1.165, 1.54) is 22.8 Å². The van der Waals surface area contributed by atoms with Crippen LogP contribution < -0.4 is 5.69 Å². The number of hydrogen-bond acceptors (Lipinski definition) is 3. The van der Waals surface area contributed by atoms with Crippen LogP contribution in [0.15, 0.2) is 47.3 Å². The van der Waals surface area contributed by atoms with Crippen LogP contribution in [0, 0.1) is 17.5 Å². The number of rotatable bonds is 3. The summed E-state index contributed by atoms with van der Waals surface area (Å²) in [6.07, 6.45) is 0. The fourth-order valence-electron chi connectivity index (χ4n) is 3.09. The Hall–Kier alpha value is -2.87. The molecule has 0 bridgehead atoms. The first-order valence-corrected chi connectivity index (χ1v) is 8.12. The fraction of sp³-hybridized carbons (Fsp3) is 0.222. The Labute approximate surface area is 146 Å². The Balaban J connectivity index is 1.60. The van der Waals surface area contributed by atoms with Gasteiger partial charge in [-0.25, -0.2) is 18.0 Å². The standard InChI is InChI=1S/C18H15F3N4O/c19-13-3-1-12(2-4-13)10-23-7-8-24-17(11-23)22-25(18(24)26)16-6-5-14(20)9-15(16)21/h1-6,9H,7-8,10-11H2. The molecular weight excluding hydrogens is 345 g/mol. The van der Waals surface area contributed by atoms with Crippen molar-refractivity contribution in [2.75, 3.05) is 6.54 Å². The van der Waals surface area contributed by atoms with Gasteiger partial charge in [-0.1, -0.05) is 12.1 Å². The molecule has 0 fully saturated rings. The second-order valence-electron chi connectivity index (χ2n) is 6.20. The lowest BCUT2D eigenvalue weighted by molar-refractivity contribution is 0.207. The Morgan fingerprint density at radius 3 is 2.42 bits per heavy atom. The molecule has 0 atom stereocenters. The van der Waals surface area contributed by atoms with E-state index in [0.29, 0.717) is 32.0 Å². The number of fused-ring (bicyclic) bond motifs is 1. The SMILES string of the molecule is O=c1n(-c2ccc(F)cc2F)nc2n1CCN(Cc1ccc(F)cc1)C2. The van der Waals surface area contributed by atoms with Crippen LogP contribution in [0.1, 0.15) is 11.4 Å². The van der Waals surface area contributed by atoms with Gasteiger partial charge in [-0.05, 0) is 29.8 Å². The lowest BCUT2D eigenvalue weighted by Gasteiger charge is -2.26. The highest BCUT2D eigenvalue weighted by atomic mass is 19.1. The van der Waals surface area contributed by atoms with Gasteiger partial charge in [0.2, 0.25) is 0 Å². The molecule has 0 N–H and O–H groups in total. The molecule has 2 aromatic carbocycles. The minimum absolute atomic E-state index is 0.0802. The third-order valence-corrected chi connectivity index (χ3v) is 4.40. The van der Waals surface area contributed by atoms with Crippen molar-refractivity contribution in [3.05, 3.63) is 81.8 Å². The summed E-state index contributed by atoms with van der Waals surface area (Å²) in [5.74, 6) is -1.34. The highest BCUT2D eigenvalue weighted by molar-refractivity contribution is 5.32. The van der Waals surface area contributed by atoms with E-state index in [9.17, 15) is 18.0 Å². The minimum Gasteiger partial charge on any atom is -0.290 e. The summed E-state index contributed by atoms with van der Waals surface area (Å²) in [7, 11) is 0. The van der Waals surface area contributed by atoms with Gasteiger partial charge in [-0.3, -0.25) is 9.47 Å². The molecule has 134 valence electrons. The highest BCUT2D eigenvalue weighted by Crippen LogP contribution is 2.16. The Bertz CT molecular complexity index is 1010. The normalized spacial score (nSPS) is 14.4. The van der Waals surface area contributed by atoms with Crippen LogP contribution >= 0.6 is 0 Å². The highest BCUT2D eigenvalue weighted by Gasteiger charge is 2.23. The van der Waals surface area contributed by atoms with E-state index >= 15 is 0 Å². The smallest absolute Gasteiger partial charge is 0.290 e. The lowest BCUT2D eigenvalue weighted by atomic mass is 10.2. The molecule has 0 saturated carbocycles. The largest absolute Gasteiger partial charge is 0.350 e. The molecule has 8 heteroatoms. The maximum Gasteiger partial charge on any atom is 0.350 e. The Morgan fingerprint density at radius 1 is 0.962 bits per heavy atom. The molecule has 4 rings (SSSR count). The van der Waals surface area contributed by atoms with Gasteiger partial charge < -0.3 is 0 Å². The second kappa shape index (κ2) is 6.45. The van der Waals surface area contributed by atoms with Gasteiger partial charge in [0.25, 0.3) is 0 Å². The molecule has 0 radical (unpaired) electrons. The maximum absolute atomic E-state index is 14.0. The predicted octanol–water partition coefficient (Wildman–Crippen LogP) is 2.47. The maximum atomic E-state index is 14.0. The summed E-state index contributed by atoms with van der Waals surface area (Å²) in [5.41, 5.74) is 0.418. The topological polar surface area (TPSA) is 43.1 Å². The molecule has 5 nitrogen and oxygen atoms in total. The first-order chi connectivity index (χ1) is 12.5. The molecule has 0 saturated heterocycles. The number of nitrogens with zero attached hydrogens (tertiary/aromatic N) is 4. The van der Waals surface area contributed by atoms with Gasteiger partial charge in [0.05, 0.1) is 6.54 Å². The average Bonchev–Trinajstić information content (AvgIpc) is 2.93. The molecule has 3 aromatic rings. The van der Waals surface area contributed by atoms with E-state index < -0.39 is 17.3 Å². The van der Waals surface area contributed by atoms with Gasteiger partial charge in [0.1, 0.15) is 23.1 Å². The van der Waals surface area contributed by atoms with Gasteiger partial charge in [-0.15, -0.1) is 5.10 Å². The van der Waals surface area contributed by atoms with Crippen molar-refractivity contribution >= 4 is 0 Å². The summed E-state index contributed by atoms with van der Waals surface area (Å²) in [4.78, 5) is 14.6. The molecule has 1 aliphatic heterocycles. The zero-order valence-corrected chi connectivity index (χ0v) is 13.7. The second-order valence-corrected chi connectivity index (χ2v) is 6.20. The molecule has 26 heavy (non-hydrogen) atoms. The van der Waals surface area contributed by atoms with E-state index in [0.717, 1.165) is 22.4 Å². The molecule has 2 heterocycles. The van der Waals surface area contributed by atoms with Crippen molar-refractivity contribution in [2.45, 2.75) is 19.6 Å². The molecular formula is C18H15F3N4O. The van der Waals surface area contributed by atoms with Gasteiger partial charge >= 0.3 is 5.69 Å². The third-order valence-electron chi connectivity index (χ3n) is 4.40. The zero-order chi connectivity index (χ0) is 18.3. The number of halogens is 3. The summed E-state index contributed by atoms with van der Waals surface area (Å²) < 4.78 is 42.5. The number of benzene rings is 2. The van der Waals surface area contributed by atoms with E-state index in [2.05, 4.69) is 10.00 Å².